The number of ether oxygens (including phenoxy) is 4. The number of unbranched alkanes of at least 4 members (excludes halogenated alkanes) is 4. The number of fused-ring (bicyclic) bond motifs is 7. The van der Waals surface area contributed by atoms with Crippen molar-refractivity contribution >= 4 is 36.3 Å². The highest BCUT2D eigenvalue weighted by atomic mass is 32.2. The lowest BCUT2D eigenvalue weighted by atomic mass is 9.46. The Bertz CT molecular complexity index is 2320. The molecule has 0 bridgehead atoms. The van der Waals surface area contributed by atoms with E-state index in [0.717, 1.165) is 115 Å². The largest absolute Gasteiger partial charge is 0.524 e. The third kappa shape index (κ3) is 13.1. The second kappa shape index (κ2) is 24.8. The maximum Gasteiger partial charge on any atom is 0.524 e. The molecule has 2 aromatic carbocycles. The number of aryl methyl sites for hydroxylation is 1. The third-order valence-electron chi connectivity index (χ3n) is 17.4. The van der Waals surface area contributed by atoms with Crippen molar-refractivity contribution in [3.63, 3.8) is 0 Å². The Balaban J connectivity index is 0.816. The van der Waals surface area contributed by atoms with E-state index in [1.54, 1.807) is 24.3 Å². The molecule has 8 rings (SSSR count). The lowest BCUT2D eigenvalue weighted by Gasteiger charge is -2.59. The van der Waals surface area contributed by atoms with Crippen LogP contribution in [0.4, 0.5) is 0 Å². The summed E-state index contributed by atoms with van der Waals surface area (Å²) in [5.41, 5.74) is 0.816. The van der Waals surface area contributed by atoms with Gasteiger partial charge in [0.05, 0.1) is 31.0 Å². The number of hydrogen-bond acceptors (Lipinski definition) is 12. The molecule has 16 heteroatoms. The predicted molar refractivity (Wildman–Crippen MR) is 280 cm³/mol. The van der Waals surface area contributed by atoms with Gasteiger partial charge in [-0.05, 0) is 135 Å². The maximum absolute atomic E-state index is 14.9. The van der Waals surface area contributed by atoms with E-state index in [4.69, 9.17) is 23.5 Å². The summed E-state index contributed by atoms with van der Waals surface area (Å²) in [6, 6.07) is 15.3. The van der Waals surface area contributed by atoms with Gasteiger partial charge in [-0.25, -0.2) is 4.57 Å². The number of rotatable bonds is 26. The van der Waals surface area contributed by atoms with E-state index in [2.05, 4.69) is 43.4 Å². The summed E-state index contributed by atoms with van der Waals surface area (Å²) in [6.07, 6.45) is 19.5. The van der Waals surface area contributed by atoms with Gasteiger partial charge in [-0.2, -0.15) is 0 Å². The van der Waals surface area contributed by atoms with Crippen molar-refractivity contribution in [3.05, 3.63) is 89.0 Å². The lowest BCUT2D eigenvalue weighted by Crippen LogP contribution is -2.63. The first kappa shape index (κ1) is 56.0. The van der Waals surface area contributed by atoms with Crippen LogP contribution in [0.2, 0.25) is 0 Å². The summed E-state index contributed by atoms with van der Waals surface area (Å²) in [6.45, 7) is 6.29. The van der Waals surface area contributed by atoms with Gasteiger partial charge in [0.2, 0.25) is 5.78 Å². The van der Waals surface area contributed by atoms with E-state index in [-0.39, 0.29) is 47.4 Å². The standard InChI is InChI=1S/C57H80NO13PS/c1-55-27-25-44(59)33-43(55)22-23-45-46-34-51-57(56(46,2)35-47(60)53(45)55,70-54(69-51)40-19-10-7-11-20-40)50(62)37-68-52(63)26-31-73(3)38-42-32-41(21-24-49(42)71-72(64,65)66)48(61)36-58-28-13-4-5-14-29-67-30-15-12-18-39-16-8-6-9-17-39/h6,8-9,16-17,21,24-25,27,32-33,40,45-48,51,53-54,58,60-61H,4-5,7,10-15,18-20,22-23,26,28-31,34-38H2,1-3H3,(H-,64,65,66)/p+1/t45-,46-,47-,48?,51+,53+,54+,55-,56-,57+,73?/m0/s1. The number of benzene rings is 2. The van der Waals surface area contributed by atoms with E-state index in [0.29, 0.717) is 42.0 Å². The van der Waals surface area contributed by atoms with Gasteiger partial charge in [-0.3, -0.25) is 24.2 Å². The molecule has 2 unspecified atom stereocenters. The summed E-state index contributed by atoms with van der Waals surface area (Å²) >= 11 is 0. The highest BCUT2D eigenvalue weighted by Gasteiger charge is 2.76. The smallest absolute Gasteiger partial charge is 0.457 e. The Labute approximate surface area is 435 Å². The number of phosphoric acid groups is 1. The van der Waals surface area contributed by atoms with Crippen LogP contribution in [-0.4, -0.2) is 107 Å². The average molecular weight is 1050 g/mol. The SMILES string of the molecule is C[S+](CCC(=O)OCC(=O)[C@@]12O[C@H](C3CCCCC3)O[C@@H]1C[C@H]1[C@@H]3CCC4=CC(=O)C=C[C@]4(C)[C@H]3[C@@H](O)C[C@@]12C)Cc1cc(C(O)CNCCCCCCOCCCCc2ccccc2)ccc1OP(=O)(O)O. The van der Waals surface area contributed by atoms with Crippen molar-refractivity contribution in [2.24, 2.45) is 34.5 Å². The Kier molecular flexibility index (Phi) is 19.1. The fourth-order valence-corrected chi connectivity index (χ4v) is 15.6. The molecule has 5 N–H and O–H groups in total. The quantitative estimate of drug-likeness (QED) is 0.0259. The number of aliphatic hydroxyl groups is 2. The Hall–Kier alpha value is -3.21. The number of carbonyl (C=O) groups is 3. The molecule has 5 aliphatic carbocycles. The van der Waals surface area contributed by atoms with Crippen molar-refractivity contribution in [1.29, 1.82) is 0 Å². The highest BCUT2D eigenvalue weighted by molar-refractivity contribution is 7.95. The fraction of sp³-hybridized carbons (Fsp3) is 0.667. The molecular weight excluding hydrogens is 970 g/mol. The van der Waals surface area contributed by atoms with Crippen molar-refractivity contribution in [1.82, 2.24) is 5.32 Å². The molecule has 4 saturated carbocycles. The van der Waals surface area contributed by atoms with Gasteiger partial charge in [-0.15, -0.1) is 0 Å². The first-order valence-corrected chi connectivity index (χ1v) is 30.6. The van der Waals surface area contributed by atoms with E-state index in [9.17, 15) is 38.9 Å². The van der Waals surface area contributed by atoms with Crippen LogP contribution < -0.4 is 9.84 Å². The molecule has 2 aromatic rings. The number of ketones is 2. The van der Waals surface area contributed by atoms with Crippen molar-refractivity contribution in [2.45, 2.75) is 159 Å². The van der Waals surface area contributed by atoms with Crippen molar-refractivity contribution in [3.8, 4) is 5.75 Å². The molecule has 0 spiro atoms. The van der Waals surface area contributed by atoms with E-state index >= 15 is 0 Å². The predicted octanol–water partition coefficient (Wildman–Crippen LogP) is 8.58. The minimum atomic E-state index is -4.90. The van der Waals surface area contributed by atoms with Crippen LogP contribution in [0, 0.1) is 34.5 Å². The van der Waals surface area contributed by atoms with Crippen LogP contribution in [0.5, 0.6) is 5.75 Å². The molecule has 6 aliphatic rings. The van der Waals surface area contributed by atoms with Gasteiger partial charge in [0.15, 0.2) is 24.3 Å². The lowest BCUT2D eigenvalue weighted by molar-refractivity contribution is -0.210. The molecule has 0 radical (unpaired) electrons. The molecule has 402 valence electrons. The maximum atomic E-state index is 14.9. The minimum absolute atomic E-state index is 0.00132. The van der Waals surface area contributed by atoms with Crippen LogP contribution in [0.3, 0.4) is 0 Å². The van der Waals surface area contributed by atoms with Crippen molar-refractivity contribution in [2.75, 3.05) is 44.9 Å². The van der Waals surface area contributed by atoms with Gasteiger partial charge >= 0.3 is 13.8 Å². The molecule has 14 nitrogen and oxygen atoms in total. The molecule has 1 heterocycles. The Morgan fingerprint density at radius 1 is 0.973 bits per heavy atom. The number of phosphoric ester groups is 1. The summed E-state index contributed by atoms with van der Waals surface area (Å²) in [5, 5.41) is 26.6. The highest BCUT2D eigenvalue weighted by Crippen LogP contribution is 2.70. The van der Waals surface area contributed by atoms with Gasteiger partial charge in [0.25, 0.3) is 0 Å². The van der Waals surface area contributed by atoms with Crippen molar-refractivity contribution < 1.29 is 62.4 Å². The van der Waals surface area contributed by atoms with E-state index in [1.165, 1.54) is 11.6 Å². The monoisotopic (exact) mass is 1050 g/mol. The average Bonchev–Trinajstić information content (AvgIpc) is 3.87. The zero-order chi connectivity index (χ0) is 51.8. The number of nitrogens with one attached hydrogen (secondary N) is 1. The van der Waals surface area contributed by atoms with E-state index in [1.807, 2.05) is 18.4 Å². The second-order valence-electron chi connectivity index (χ2n) is 22.3. The first-order valence-electron chi connectivity index (χ1n) is 27.1. The molecule has 0 aromatic heterocycles. The fourth-order valence-electron chi connectivity index (χ4n) is 13.7. The van der Waals surface area contributed by atoms with Crippen LogP contribution in [0.15, 0.2) is 72.3 Å². The summed E-state index contributed by atoms with van der Waals surface area (Å²) < 4.78 is 42.5. The minimum Gasteiger partial charge on any atom is -0.457 e. The molecule has 5 fully saturated rings. The number of Topliss-reactive ketones (excluding diaryl/α,β-unsaturated/α-hetero) is 1. The molecule has 1 aliphatic heterocycles. The Morgan fingerprint density at radius 3 is 2.49 bits per heavy atom. The van der Waals surface area contributed by atoms with Crippen LogP contribution >= 0.6 is 7.82 Å². The number of hydrogen-bond donors (Lipinski definition) is 5. The zero-order valence-corrected chi connectivity index (χ0v) is 45.0. The molecule has 73 heavy (non-hydrogen) atoms. The third-order valence-corrected chi connectivity index (χ3v) is 19.5. The summed E-state index contributed by atoms with van der Waals surface area (Å²) in [5.74, 6) is -0.140. The van der Waals surface area contributed by atoms with Gasteiger partial charge < -0.3 is 39.0 Å². The molecule has 1 saturated heterocycles. The number of esters is 1. The van der Waals surface area contributed by atoms with Gasteiger partial charge in [0.1, 0.15) is 17.3 Å². The zero-order valence-electron chi connectivity index (χ0n) is 43.3. The summed E-state index contributed by atoms with van der Waals surface area (Å²) in [7, 11) is -5.41. The molecule has 0 amide bonds. The number of aliphatic hydroxyl groups excluding tert-OH is 2. The second-order valence-corrected chi connectivity index (χ2v) is 25.7. The van der Waals surface area contributed by atoms with E-state index < -0.39 is 72.3 Å². The van der Waals surface area contributed by atoms with Crippen LogP contribution in [0.1, 0.15) is 139 Å². The molecule has 11 atom stereocenters. The number of allylic oxidation sites excluding steroid dienone is 4. The number of carbonyl (C=O) groups excluding carboxylic acids is 3. The van der Waals surface area contributed by atoms with Crippen LogP contribution in [-0.2, 0) is 61.0 Å². The van der Waals surface area contributed by atoms with Gasteiger partial charge in [-0.1, -0.05) is 94.0 Å². The molecular formula is C57H81NO13PS+. The topological polar surface area (TPSA) is 207 Å². The normalized spacial score (nSPS) is 30.7. The first-order chi connectivity index (χ1) is 35.0. The van der Waals surface area contributed by atoms with Gasteiger partial charge in [0, 0.05) is 48.0 Å². The summed E-state index contributed by atoms with van der Waals surface area (Å²) in [4.78, 5) is 60.3. The van der Waals surface area contributed by atoms with Crippen LogP contribution in [0.25, 0.3) is 0 Å². The Morgan fingerprint density at radius 2 is 1.73 bits per heavy atom.